The van der Waals surface area contributed by atoms with Gasteiger partial charge in [0.25, 0.3) is 0 Å². The van der Waals surface area contributed by atoms with E-state index in [2.05, 4.69) is 22.1 Å². The Hall–Kier alpha value is -2.75. The molecule has 0 atom stereocenters. The van der Waals surface area contributed by atoms with Crippen LogP contribution in [0.5, 0.6) is 0 Å². The molecule has 0 aliphatic carbocycles. The summed E-state index contributed by atoms with van der Waals surface area (Å²) in [5.41, 5.74) is 0.217. The van der Waals surface area contributed by atoms with Gasteiger partial charge in [-0.1, -0.05) is 11.1 Å². The summed E-state index contributed by atoms with van der Waals surface area (Å²) in [6.07, 6.45) is -2.86. The molecule has 7 heteroatoms. The largest absolute Gasteiger partial charge is 0.416 e. The standard InChI is InChI=1S/C14H10F3N3O/c1-20-13(8-9-18-20)12(19-21)7-4-10-2-5-11(6-3-10)14(15,16)17/h2-3,5-6,8-9,21H,1H3/b19-12-. The minimum absolute atomic E-state index is 0.0786. The number of hydrogen-bond acceptors (Lipinski definition) is 3. The van der Waals surface area contributed by atoms with E-state index in [9.17, 15) is 13.2 Å². The first-order chi connectivity index (χ1) is 9.91. The van der Waals surface area contributed by atoms with Crippen LogP contribution in [0.2, 0.25) is 0 Å². The van der Waals surface area contributed by atoms with Crippen LogP contribution in [0.4, 0.5) is 13.2 Å². The maximum absolute atomic E-state index is 12.4. The van der Waals surface area contributed by atoms with Crippen molar-refractivity contribution >= 4 is 5.71 Å². The molecule has 0 aliphatic rings. The van der Waals surface area contributed by atoms with E-state index < -0.39 is 11.7 Å². The molecule has 108 valence electrons. The maximum atomic E-state index is 12.4. The number of aromatic nitrogens is 2. The Morgan fingerprint density at radius 1 is 1.24 bits per heavy atom. The lowest BCUT2D eigenvalue weighted by molar-refractivity contribution is -0.137. The highest BCUT2D eigenvalue weighted by Crippen LogP contribution is 2.28. The molecule has 2 rings (SSSR count). The lowest BCUT2D eigenvalue weighted by Crippen LogP contribution is -2.06. The van der Waals surface area contributed by atoms with Gasteiger partial charge >= 0.3 is 6.18 Å². The number of halogens is 3. The van der Waals surface area contributed by atoms with Gasteiger partial charge in [0.2, 0.25) is 0 Å². The maximum Gasteiger partial charge on any atom is 0.416 e. The van der Waals surface area contributed by atoms with Crippen molar-refractivity contribution in [2.45, 2.75) is 6.18 Å². The first kappa shape index (κ1) is 14.7. The van der Waals surface area contributed by atoms with Gasteiger partial charge in [-0.3, -0.25) is 4.68 Å². The van der Waals surface area contributed by atoms with Crippen LogP contribution < -0.4 is 0 Å². The minimum atomic E-state index is -4.38. The fourth-order valence-corrected chi connectivity index (χ4v) is 1.62. The summed E-state index contributed by atoms with van der Waals surface area (Å²) in [7, 11) is 1.65. The molecule has 1 heterocycles. The van der Waals surface area contributed by atoms with Crippen molar-refractivity contribution in [1.29, 1.82) is 0 Å². The summed E-state index contributed by atoms with van der Waals surface area (Å²) < 4.78 is 38.7. The number of benzene rings is 1. The summed E-state index contributed by atoms with van der Waals surface area (Å²) in [5, 5.41) is 15.9. The van der Waals surface area contributed by atoms with Crippen LogP contribution in [0.3, 0.4) is 0 Å². The summed E-state index contributed by atoms with van der Waals surface area (Å²) in [4.78, 5) is 0. The third-order valence-electron chi connectivity index (χ3n) is 2.70. The second-order valence-corrected chi connectivity index (χ2v) is 4.11. The highest BCUT2D eigenvalue weighted by atomic mass is 19.4. The summed E-state index contributed by atoms with van der Waals surface area (Å²) in [5.74, 6) is 5.24. The average Bonchev–Trinajstić information content (AvgIpc) is 2.86. The van der Waals surface area contributed by atoms with Gasteiger partial charge in [-0.2, -0.15) is 18.3 Å². The number of oxime groups is 1. The van der Waals surface area contributed by atoms with E-state index in [0.29, 0.717) is 11.3 Å². The Kier molecular flexibility index (Phi) is 3.98. The molecule has 0 saturated carbocycles. The zero-order chi connectivity index (χ0) is 15.5. The first-order valence-corrected chi connectivity index (χ1v) is 5.81. The van der Waals surface area contributed by atoms with E-state index in [1.165, 1.54) is 23.0 Å². The van der Waals surface area contributed by atoms with Gasteiger partial charge in [0.1, 0.15) is 0 Å². The molecule has 0 unspecified atom stereocenters. The Labute approximate surface area is 118 Å². The number of rotatable bonds is 1. The molecule has 1 N–H and O–H groups in total. The second-order valence-electron chi connectivity index (χ2n) is 4.11. The van der Waals surface area contributed by atoms with Gasteiger partial charge < -0.3 is 5.21 Å². The number of nitrogens with zero attached hydrogens (tertiary/aromatic N) is 3. The van der Waals surface area contributed by atoms with Crippen LogP contribution >= 0.6 is 0 Å². The molecule has 2 aromatic rings. The fourth-order valence-electron chi connectivity index (χ4n) is 1.62. The Morgan fingerprint density at radius 3 is 2.38 bits per heavy atom. The summed E-state index contributed by atoms with van der Waals surface area (Å²) in [6, 6.07) is 6.02. The van der Waals surface area contributed by atoms with Crippen LogP contribution in [0.1, 0.15) is 16.8 Å². The van der Waals surface area contributed by atoms with Crippen molar-refractivity contribution in [2.75, 3.05) is 0 Å². The minimum Gasteiger partial charge on any atom is -0.410 e. The molecule has 0 bridgehead atoms. The van der Waals surface area contributed by atoms with Crippen molar-refractivity contribution in [3.8, 4) is 11.8 Å². The molecule has 0 amide bonds. The van der Waals surface area contributed by atoms with Crippen LogP contribution in [-0.2, 0) is 13.2 Å². The van der Waals surface area contributed by atoms with Crippen molar-refractivity contribution in [2.24, 2.45) is 12.2 Å². The smallest absolute Gasteiger partial charge is 0.410 e. The SMILES string of the molecule is Cn1nccc1/C(C#Cc1ccc(C(F)(F)F)cc1)=N\O. The molecular weight excluding hydrogens is 283 g/mol. The third-order valence-corrected chi connectivity index (χ3v) is 2.70. The van der Waals surface area contributed by atoms with Gasteiger partial charge in [-0.25, -0.2) is 0 Å². The molecule has 0 radical (unpaired) electrons. The lowest BCUT2D eigenvalue weighted by atomic mass is 10.1. The van der Waals surface area contributed by atoms with Gasteiger partial charge in [0.05, 0.1) is 11.3 Å². The Bertz CT molecular complexity index is 718. The topological polar surface area (TPSA) is 50.4 Å². The van der Waals surface area contributed by atoms with E-state index in [4.69, 9.17) is 5.21 Å². The molecule has 1 aromatic carbocycles. The molecule has 1 aromatic heterocycles. The van der Waals surface area contributed by atoms with Gasteiger partial charge in [-0.15, -0.1) is 0 Å². The second kappa shape index (κ2) is 5.71. The van der Waals surface area contributed by atoms with E-state index in [1.54, 1.807) is 13.1 Å². The molecule has 0 aliphatic heterocycles. The predicted octanol–water partition coefficient (Wildman–Crippen LogP) is 2.67. The molecular formula is C14H10F3N3O. The zero-order valence-electron chi connectivity index (χ0n) is 10.9. The first-order valence-electron chi connectivity index (χ1n) is 5.81. The van der Waals surface area contributed by atoms with Crippen LogP contribution in [0.15, 0.2) is 41.7 Å². The molecule has 4 nitrogen and oxygen atoms in total. The van der Waals surface area contributed by atoms with E-state index in [0.717, 1.165) is 12.1 Å². The van der Waals surface area contributed by atoms with Gasteiger partial charge in [0, 0.05) is 18.8 Å². The van der Waals surface area contributed by atoms with Crippen molar-refractivity contribution in [3.63, 3.8) is 0 Å². The molecule has 0 saturated heterocycles. The highest BCUT2D eigenvalue weighted by molar-refractivity contribution is 6.11. The van der Waals surface area contributed by atoms with Crippen molar-refractivity contribution < 1.29 is 18.4 Å². The normalized spacial score (nSPS) is 11.9. The summed E-state index contributed by atoms with van der Waals surface area (Å²) >= 11 is 0. The van der Waals surface area contributed by atoms with Crippen molar-refractivity contribution in [3.05, 3.63) is 53.3 Å². The summed E-state index contributed by atoms with van der Waals surface area (Å²) in [6.45, 7) is 0. The van der Waals surface area contributed by atoms with Crippen LogP contribution in [0.25, 0.3) is 0 Å². The highest BCUT2D eigenvalue weighted by Gasteiger charge is 2.29. The fraction of sp³-hybridized carbons (Fsp3) is 0.143. The number of alkyl halides is 3. The Balaban J connectivity index is 2.25. The monoisotopic (exact) mass is 293 g/mol. The van der Waals surface area contributed by atoms with E-state index in [1.807, 2.05) is 0 Å². The molecule has 0 fully saturated rings. The average molecular weight is 293 g/mol. The zero-order valence-corrected chi connectivity index (χ0v) is 10.9. The quantitative estimate of drug-likeness (QED) is 0.380. The van der Waals surface area contributed by atoms with Gasteiger partial charge in [-0.05, 0) is 36.3 Å². The molecule has 21 heavy (non-hydrogen) atoms. The van der Waals surface area contributed by atoms with Crippen LogP contribution in [0, 0.1) is 11.8 Å². The number of aryl methyl sites for hydroxylation is 1. The van der Waals surface area contributed by atoms with E-state index >= 15 is 0 Å². The van der Waals surface area contributed by atoms with Gasteiger partial charge in [0.15, 0.2) is 5.71 Å². The van der Waals surface area contributed by atoms with E-state index in [-0.39, 0.29) is 5.71 Å². The lowest BCUT2D eigenvalue weighted by Gasteiger charge is -2.05. The predicted molar refractivity (Wildman–Crippen MR) is 69.9 cm³/mol. The third kappa shape index (κ3) is 3.42. The van der Waals surface area contributed by atoms with Crippen molar-refractivity contribution in [1.82, 2.24) is 9.78 Å². The Morgan fingerprint density at radius 2 is 1.90 bits per heavy atom. The van der Waals surface area contributed by atoms with Crippen LogP contribution in [-0.4, -0.2) is 20.7 Å². The number of hydrogen-bond donors (Lipinski definition) is 1. The molecule has 0 spiro atoms.